The summed E-state index contributed by atoms with van der Waals surface area (Å²) in [6.45, 7) is 0. The second kappa shape index (κ2) is 5.77. The molecule has 0 spiro atoms. The van der Waals surface area contributed by atoms with Crippen molar-refractivity contribution in [1.82, 2.24) is 4.98 Å². The van der Waals surface area contributed by atoms with Crippen molar-refractivity contribution in [2.24, 2.45) is 0 Å². The van der Waals surface area contributed by atoms with E-state index in [0.29, 0.717) is 10.6 Å². The maximum atomic E-state index is 13.8. The molecular weight excluding hydrogens is 288 g/mol. The van der Waals surface area contributed by atoms with E-state index in [1.54, 1.807) is 12.3 Å². The van der Waals surface area contributed by atoms with Crippen molar-refractivity contribution in [1.29, 1.82) is 0 Å². The topological polar surface area (TPSA) is 53.4 Å². The zero-order valence-corrected chi connectivity index (χ0v) is 11.7. The highest BCUT2D eigenvalue weighted by Crippen LogP contribution is 2.31. The molecule has 3 rings (SSSR count). The molecule has 0 radical (unpaired) electrons. The first-order chi connectivity index (χ1) is 10.1. The van der Waals surface area contributed by atoms with Crippen molar-refractivity contribution in [2.75, 3.05) is 0 Å². The molecule has 2 N–H and O–H groups in total. The predicted molar refractivity (Wildman–Crippen MR) is 82.8 cm³/mol. The van der Waals surface area contributed by atoms with Crippen LogP contribution in [-0.2, 0) is 0 Å². The van der Waals surface area contributed by atoms with Crippen LogP contribution in [0.5, 0.6) is 0 Å². The summed E-state index contributed by atoms with van der Waals surface area (Å²) in [5.74, 6) is -0.654. The Morgan fingerprint density at radius 2 is 1.76 bits per heavy atom. The molecule has 1 heterocycles. The Morgan fingerprint density at radius 1 is 1.00 bits per heavy atom. The van der Waals surface area contributed by atoms with Crippen LogP contribution in [0.25, 0.3) is 21.0 Å². The first-order valence-corrected chi connectivity index (χ1v) is 7.14. The zero-order chi connectivity index (χ0) is 14.8. The molecule has 3 nitrogen and oxygen atoms in total. The van der Waals surface area contributed by atoms with Crippen molar-refractivity contribution in [2.45, 2.75) is 0 Å². The van der Waals surface area contributed by atoms with Crippen LogP contribution in [0.2, 0.25) is 0 Å². The highest BCUT2D eigenvalue weighted by atomic mass is 32.1. The molecule has 0 aliphatic heterocycles. The molecule has 2 aromatic carbocycles. The Balaban J connectivity index is 1.95. The van der Waals surface area contributed by atoms with Crippen LogP contribution in [0, 0.1) is 5.82 Å². The molecule has 0 bridgehead atoms. The fraction of sp³-hybridized carbons (Fsp3) is 0. The molecule has 6 heteroatoms. The number of hydrogen-bond donors (Lipinski definition) is 2. The van der Waals surface area contributed by atoms with Crippen LogP contribution in [-0.4, -0.2) is 22.2 Å². The number of rotatable bonds is 3. The Kier molecular flexibility index (Phi) is 3.83. The van der Waals surface area contributed by atoms with Crippen LogP contribution < -0.4 is 5.46 Å². The van der Waals surface area contributed by atoms with Gasteiger partial charge in [-0.2, -0.15) is 0 Å². The second-order valence-electron chi connectivity index (χ2n) is 4.51. The maximum Gasteiger partial charge on any atom is 0.491 e. The monoisotopic (exact) mass is 299 g/mol. The Bertz CT molecular complexity index is 761. The van der Waals surface area contributed by atoms with Gasteiger partial charge in [-0.3, -0.25) is 0 Å². The zero-order valence-electron chi connectivity index (χ0n) is 10.9. The van der Waals surface area contributed by atoms with Crippen molar-refractivity contribution < 1.29 is 14.4 Å². The first kappa shape index (κ1) is 13.9. The lowest BCUT2D eigenvalue weighted by Crippen LogP contribution is -2.32. The summed E-state index contributed by atoms with van der Waals surface area (Å²) in [7, 11) is -1.81. The molecule has 21 heavy (non-hydrogen) atoms. The van der Waals surface area contributed by atoms with Gasteiger partial charge in [0.25, 0.3) is 0 Å². The van der Waals surface area contributed by atoms with Crippen LogP contribution in [0.4, 0.5) is 4.39 Å². The first-order valence-electron chi connectivity index (χ1n) is 6.32. The lowest BCUT2D eigenvalue weighted by atomic mass is 9.79. The van der Waals surface area contributed by atoms with Crippen molar-refractivity contribution in [3.8, 4) is 21.0 Å². The lowest BCUT2D eigenvalue weighted by molar-refractivity contribution is 0.423. The van der Waals surface area contributed by atoms with Gasteiger partial charge in [0.1, 0.15) is 10.8 Å². The average molecular weight is 299 g/mol. The van der Waals surface area contributed by atoms with Gasteiger partial charge in [0.15, 0.2) is 0 Å². The van der Waals surface area contributed by atoms with Gasteiger partial charge in [0.05, 0.1) is 4.88 Å². The summed E-state index contributed by atoms with van der Waals surface area (Å²) in [5, 5.41) is 18.7. The summed E-state index contributed by atoms with van der Waals surface area (Å²) in [4.78, 5) is 5.30. The molecular formula is C15H11BFNO2S. The van der Waals surface area contributed by atoms with Crippen LogP contribution in [0.3, 0.4) is 0 Å². The van der Waals surface area contributed by atoms with E-state index in [-0.39, 0.29) is 5.46 Å². The molecule has 1 aromatic heterocycles. The fourth-order valence-corrected chi connectivity index (χ4v) is 2.93. The minimum atomic E-state index is -1.81. The van der Waals surface area contributed by atoms with E-state index in [0.717, 1.165) is 10.4 Å². The van der Waals surface area contributed by atoms with Gasteiger partial charge in [-0.25, -0.2) is 9.37 Å². The maximum absolute atomic E-state index is 13.8. The van der Waals surface area contributed by atoms with E-state index in [4.69, 9.17) is 10.0 Å². The summed E-state index contributed by atoms with van der Waals surface area (Å²) in [5.41, 5.74) is 1.53. The van der Waals surface area contributed by atoms with Crippen LogP contribution in [0.15, 0.2) is 54.7 Å². The van der Waals surface area contributed by atoms with Gasteiger partial charge in [-0.15, -0.1) is 11.3 Å². The third kappa shape index (κ3) is 2.87. The SMILES string of the molecule is OB(O)c1ccc(-c2ncc(-c3ccccc3)s2)cc1F. The summed E-state index contributed by atoms with van der Waals surface area (Å²) in [6, 6.07) is 14.1. The Labute approximate surface area is 125 Å². The van der Waals surface area contributed by atoms with E-state index in [1.165, 1.54) is 23.5 Å². The number of thiazole rings is 1. The fourth-order valence-electron chi connectivity index (χ4n) is 2.01. The van der Waals surface area contributed by atoms with Crippen molar-refractivity contribution in [3.63, 3.8) is 0 Å². The second-order valence-corrected chi connectivity index (χ2v) is 5.54. The highest BCUT2D eigenvalue weighted by Gasteiger charge is 2.17. The third-order valence-electron chi connectivity index (χ3n) is 3.09. The van der Waals surface area contributed by atoms with Gasteiger partial charge >= 0.3 is 7.12 Å². The summed E-state index contributed by atoms with van der Waals surface area (Å²) < 4.78 is 13.8. The van der Waals surface area contributed by atoms with Crippen molar-refractivity contribution in [3.05, 3.63) is 60.5 Å². The number of benzene rings is 2. The molecule has 104 valence electrons. The standard InChI is InChI=1S/C15H11BFNO2S/c17-13-8-11(6-7-12(13)16(19)20)15-18-9-14(21-15)10-4-2-1-3-5-10/h1-9,19-20H. The molecule has 0 saturated carbocycles. The molecule has 0 saturated heterocycles. The molecule has 3 aromatic rings. The minimum absolute atomic E-state index is 0.140. The normalized spacial score (nSPS) is 10.6. The highest BCUT2D eigenvalue weighted by molar-refractivity contribution is 7.18. The van der Waals surface area contributed by atoms with Gasteiger partial charge in [-0.05, 0) is 11.6 Å². The largest absolute Gasteiger partial charge is 0.491 e. The average Bonchev–Trinajstić information content (AvgIpc) is 2.97. The number of aromatic nitrogens is 1. The van der Waals surface area contributed by atoms with Crippen LogP contribution >= 0.6 is 11.3 Å². The number of hydrogen-bond acceptors (Lipinski definition) is 4. The Hall–Kier alpha value is -2.02. The molecule has 0 atom stereocenters. The smallest absolute Gasteiger partial charge is 0.423 e. The van der Waals surface area contributed by atoms with E-state index in [2.05, 4.69) is 4.98 Å². The number of nitrogens with zero attached hydrogens (tertiary/aromatic N) is 1. The van der Waals surface area contributed by atoms with Gasteiger partial charge in [0.2, 0.25) is 0 Å². The quantitative estimate of drug-likeness (QED) is 0.730. The van der Waals surface area contributed by atoms with Crippen LogP contribution in [0.1, 0.15) is 0 Å². The van der Waals surface area contributed by atoms with Crippen molar-refractivity contribution >= 4 is 23.9 Å². The molecule has 0 fully saturated rings. The molecule has 0 aliphatic rings. The molecule has 0 unspecified atom stereocenters. The van der Waals surface area contributed by atoms with E-state index < -0.39 is 12.9 Å². The third-order valence-corrected chi connectivity index (χ3v) is 4.19. The van der Waals surface area contributed by atoms with Gasteiger partial charge < -0.3 is 10.0 Å². The van der Waals surface area contributed by atoms with E-state index in [9.17, 15) is 4.39 Å². The van der Waals surface area contributed by atoms with Gasteiger partial charge in [0, 0.05) is 17.2 Å². The van der Waals surface area contributed by atoms with Gasteiger partial charge in [-0.1, -0.05) is 42.5 Å². The lowest BCUT2D eigenvalue weighted by Gasteiger charge is -2.03. The number of halogens is 1. The predicted octanol–water partition coefficient (Wildman–Crippen LogP) is 2.30. The summed E-state index contributed by atoms with van der Waals surface area (Å²) in [6.07, 6.45) is 1.75. The minimum Gasteiger partial charge on any atom is -0.423 e. The summed E-state index contributed by atoms with van der Waals surface area (Å²) >= 11 is 1.46. The van der Waals surface area contributed by atoms with E-state index >= 15 is 0 Å². The Morgan fingerprint density at radius 3 is 2.43 bits per heavy atom. The van der Waals surface area contributed by atoms with E-state index in [1.807, 2.05) is 30.3 Å². The molecule has 0 amide bonds. The molecule has 0 aliphatic carbocycles.